The second-order valence-corrected chi connectivity index (χ2v) is 11.3. The van der Waals surface area contributed by atoms with Crippen molar-refractivity contribution < 1.29 is 18.7 Å². The third-order valence-electron chi connectivity index (χ3n) is 7.75. The van der Waals surface area contributed by atoms with Gasteiger partial charge in [-0.15, -0.1) is 0 Å². The van der Waals surface area contributed by atoms with Crippen LogP contribution in [-0.2, 0) is 14.9 Å². The Morgan fingerprint density at radius 1 is 1.11 bits per heavy atom. The molecule has 5 rings (SSSR count). The lowest BCUT2D eigenvalue weighted by molar-refractivity contribution is -0.131. The van der Waals surface area contributed by atoms with E-state index in [-0.39, 0.29) is 35.8 Å². The van der Waals surface area contributed by atoms with E-state index in [1.165, 1.54) is 18.7 Å². The van der Waals surface area contributed by atoms with Crippen LogP contribution in [0.4, 0.5) is 14.9 Å². The first-order valence-electron chi connectivity index (χ1n) is 13.3. The lowest BCUT2D eigenvalue weighted by Crippen LogP contribution is -2.40. The van der Waals surface area contributed by atoms with E-state index in [1.807, 2.05) is 6.07 Å². The molecule has 9 heteroatoms. The van der Waals surface area contributed by atoms with Crippen LogP contribution in [0.25, 0.3) is 11.0 Å². The van der Waals surface area contributed by atoms with Gasteiger partial charge in [0.25, 0.3) is 0 Å². The number of nitrogens with one attached hydrogen (secondary N) is 2. The summed E-state index contributed by atoms with van der Waals surface area (Å²) in [5.41, 5.74) is 4.41. The average molecular weight is 522 g/mol. The summed E-state index contributed by atoms with van der Waals surface area (Å²) < 4.78 is 20.0. The number of aromatic amines is 1. The van der Waals surface area contributed by atoms with Gasteiger partial charge in [0, 0.05) is 24.3 Å². The molecule has 1 aromatic heterocycles. The minimum absolute atomic E-state index is 0.0611. The Kier molecular flexibility index (Phi) is 7.03. The average Bonchev–Trinajstić information content (AvgIpc) is 3.65. The van der Waals surface area contributed by atoms with E-state index >= 15 is 4.39 Å². The van der Waals surface area contributed by atoms with Gasteiger partial charge in [0.05, 0.1) is 30.2 Å². The number of H-pyrrole nitrogens is 1. The summed E-state index contributed by atoms with van der Waals surface area (Å²) in [6, 6.07) is 11.7. The molecule has 2 aromatic carbocycles. The highest BCUT2D eigenvalue weighted by molar-refractivity contribution is 5.83. The maximum absolute atomic E-state index is 15.5. The van der Waals surface area contributed by atoms with E-state index in [9.17, 15) is 9.59 Å². The first-order valence-corrected chi connectivity index (χ1v) is 13.3. The van der Waals surface area contributed by atoms with Gasteiger partial charge in [-0.05, 0) is 60.9 Å². The number of fused-ring (bicyclic) bond motifs is 1. The van der Waals surface area contributed by atoms with Crippen LogP contribution in [0.2, 0.25) is 0 Å². The van der Waals surface area contributed by atoms with Gasteiger partial charge in [-0.25, -0.2) is 14.2 Å². The molecule has 0 saturated carbocycles. The van der Waals surface area contributed by atoms with Crippen LogP contribution in [0.1, 0.15) is 75.5 Å². The van der Waals surface area contributed by atoms with Crippen molar-refractivity contribution in [3.05, 3.63) is 59.2 Å². The van der Waals surface area contributed by atoms with Crippen LogP contribution in [0.15, 0.2) is 36.4 Å². The molecule has 2 aliphatic rings. The Balaban J connectivity index is 1.38. The first-order chi connectivity index (χ1) is 18.2. The molecule has 3 heterocycles. The first kappa shape index (κ1) is 26.0. The fourth-order valence-electron chi connectivity index (χ4n) is 5.70. The number of carbonyl (C=O) groups is 2. The highest BCUT2D eigenvalue weighted by Crippen LogP contribution is 2.39. The fourth-order valence-corrected chi connectivity index (χ4v) is 5.70. The molecule has 2 N–H and O–H groups in total. The van der Waals surface area contributed by atoms with E-state index in [0.29, 0.717) is 29.0 Å². The topological polar surface area (TPSA) is 90.6 Å². The second-order valence-electron chi connectivity index (χ2n) is 11.3. The number of likely N-dealkylation sites (tertiary alicyclic amines) is 1. The second kappa shape index (κ2) is 10.3. The van der Waals surface area contributed by atoms with Crippen LogP contribution in [0, 0.1) is 5.82 Å². The molecule has 2 saturated heterocycles. The van der Waals surface area contributed by atoms with Gasteiger partial charge < -0.3 is 24.8 Å². The standard InChI is InChI=1S/C29H36FN5O3/c1-29(2,3)18-9-11-19(12-10-18)34-13-5-7-24(34)20-15-22-23(16-21(20)30)33-27(32-22)25-8-6-14-35(25)26(36)17-31-28(37)38-4/h9-12,15-16,24-25H,5-8,13-14,17H2,1-4H3,(H,31,37)(H,32,33)/t24-,25+/m1/s1. The van der Waals surface area contributed by atoms with Gasteiger partial charge in [-0.3, -0.25) is 4.79 Å². The number of nitrogens with zero attached hydrogens (tertiary/aromatic N) is 3. The number of carbonyl (C=O) groups excluding carboxylic acids is 2. The molecule has 0 radical (unpaired) electrons. The number of ether oxygens (including phenoxy) is 1. The van der Waals surface area contributed by atoms with E-state index < -0.39 is 6.09 Å². The minimum Gasteiger partial charge on any atom is -0.453 e. The lowest BCUT2D eigenvalue weighted by atomic mass is 9.87. The predicted molar refractivity (Wildman–Crippen MR) is 145 cm³/mol. The zero-order valence-electron chi connectivity index (χ0n) is 22.5. The van der Waals surface area contributed by atoms with Crippen molar-refractivity contribution >= 4 is 28.7 Å². The molecule has 2 amide bonds. The number of anilines is 1. The molecule has 2 fully saturated rings. The molecule has 0 bridgehead atoms. The summed E-state index contributed by atoms with van der Waals surface area (Å²) in [6.07, 6.45) is 2.80. The van der Waals surface area contributed by atoms with Gasteiger partial charge in [-0.1, -0.05) is 32.9 Å². The minimum atomic E-state index is -0.646. The molecular formula is C29H36FN5O3. The summed E-state index contributed by atoms with van der Waals surface area (Å²) in [5.74, 6) is 0.184. The van der Waals surface area contributed by atoms with Crippen LogP contribution < -0.4 is 10.2 Å². The zero-order valence-corrected chi connectivity index (χ0v) is 22.5. The van der Waals surface area contributed by atoms with Crippen LogP contribution in [0.3, 0.4) is 0 Å². The van der Waals surface area contributed by atoms with Gasteiger partial charge in [0.1, 0.15) is 18.2 Å². The number of methoxy groups -OCH3 is 1. The van der Waals surface area contributed by atoms with E-state index in [1.54, 1.807) is 4.90 Å². The Morgan fingerprint density at radius 2 is 1.82 bits per heavy atom. The van der Waals surface area contributed by atoms with Gasteiger partial charge in [-0.2, -0.15) is 0 Å². The molecule has 202 valence electrons. The smallest absolute Gasteiger partial charge is 0.407 e. The van der Waals surface area contributed by atoms with E-state index in [0.717, 1.165) is 37.9 Å². The van der Waals surface area contributed by atoms with Crippen molar-refractivity contribution in [2.24, 2.45) is 0 Å². The van der Waals surface area contributed by atoms with Crippen molar-refractivity contribution in [1.82, 2.24) is 20.2 Å². The molecule has 2 atom stereocenters. The molecule has 38 heavy (non-hydrogen) atoms. The van der Waals surface area contributed by atoms with Crippen molar-refractivity contribution in [2.45, 2.75) is 64.0 Å². The number of hydrogen-bond donors (Lipinski definition) is 2. The number of benzene rings is 2. The van der Waals surface area contributed by atoms with Crippen LogP contribution >= 0.6 is 0 Å². The summed E-state index contributed by atoms with van der Waals surface area (Å²) in [7, 11) is 1.26. The summed E-state index contributed by atoms with van der Waals surface area (Å²) in [5, 5.41) is 2.44. The van der Waals surface area contributed by atoms with Gasteiger partial charge in [0.2, 0.25) is 5.91 Å². The molecule has 8 nitrogen and oxygen atoms in total. The zero-order chi connectivity index (χ0) is 27.0. The summed E-state index contributed by atoms with van der Waals surface area (Å²) >= 11 is 0. The van der Waals surface area contributed by atoms with Crippen molar-refractivity contribution in [2.75, 3.05) is 31.6 Å². The predicted octanol–water partition coefficient (Wildman–Crippen LogP) is 5.36. The lowest BCUT2D eigenvalue weighted by Gasteiger charge is -2.28. The highest BCUT2D eigenvalue weighted by atomic mass is 19.1. The van der Waals surface area contributed by atoms with Crippen molar-refractivity contribution in [3.63, 3.8) is 0 Å². The third-order valence-corrected chi connectivity index (χ3v) is 7.75. The summed E-state index contributed by atoms with van der Waals surface area (Å²) in [6.45, 7) is 7.90. The maximum atomic E-state index is 15.5. The Morgan fingerprint density at radius 3 is 2.53 bits per heavy atom. The van der Waals surface area contributed by atoms with Crippen molar-refractivity contribution in [3.8, 4) is 0 Å². The molecule has 2 aliphatic heterocycles. The number of halogens is 1. The Bertz CT molecular complexity index is 1330. The van der Waals surface area contributed by atoms with Crippen molar-refractivity contribution in [1.29, 1.82) is 0 Å². The Labute approximate surface area is 222 Å². The monoisotopic (exact) mass is 521 g/mol. The van der Waals surface area contributed by atoms with Gasteiger partial charge >= 0.3 is 6.09 Å². The molecular weight excluding hydrogens is 485 g/mol. The molecule has 0 spiro atoms. The Hall–Kier alpha value is -3.62. The van der Waals surface area contributed by atoms with E-state index in [4.69, 9.17) is 4.98 Å². The quantitative estimate of drug-likeness (QED) is 0.472. The summed E-state index contributed by atoms with van der Waals surface area (Å²) in [4.78, 5) is 36.2. The number of amides is 2. The van der Waals surface area contributed by atoms with Gasteiger partial charge in [0.15, 0.2) is 0 Å². The largest absolute Gasteiger partial charge is 0.453 e. The van der Waals surface area contributed by atoms with Crippen LogP contribution in [-0.4, -0.2) is 53.6 Å². The highest BCUT2D eigenvalue weighted by Gasteiger charge is 2.33. The fraction of sp³-hybridized carbons (Fsp3) is 0.483. The number of imidazole rings is 1. The molecule has 3 aromatic rings. The number of rotatable bonds is 5. The third kappa shape index (κ3) is 5.06. The van der Waals surface area contributed by atoms with Crippen LogP contribution in [0.5, 0.6) is 0 Å². The number of aromatic nitrogens is 2. The molecule has 0 aliphatic carbocycles. The number of hydrogen-bond acceptors (Lipinski definition) is 5. The number of alkyl carbamates (subject to hydrolysis) is 1. The maximum Gasteiger partial charge on any atom is 0.407 e. The van der Waals surface area contributed by atoms with E-state index in [2.05, 4.69) is 65.0 Å². The normalized spacial score (nSPS) is 19.8. The SMILES string of the molecule is COC(=O)NCC(=O)N1CCC[C@H]1c1nc2cc([C@H]3CCCN3c3ccc(C(C)(C)C)cc3)c(F)cc2[nH]1. The molecule has 0 unspecified atom stereocenters.